The first-order valence-corrected chi connectivity index (χ1v) is 6.43. The van der Waals surface area contributed by atoms with Crippen molar-refractivity contribution in [1.82, 2.24) is 9.97 Å². The molecule has 0 saturated carbocycles. The van der Waals surface area contributed by atoms with Gasteiger partial charge in [-0.2, -0.15) is 4.98 Å². The van der Waals surface area contributed by atoms with E-state index in [1.807, 2.05) is 18.2 Å². The number of hydrogen-bond acceptors (Lipinski definition) is 3. The van der Waals surface area contributed by atoms with Crippen LogP contribution in [0, 0.1) is 13.8 Å². The summed E-state index contributed by atoms with van der Waals surface area (Å²) in [7, 11) is 0. The number of pyridine rings is 1. The summed E-state index contributed by atoms with van der Waals surface area (Å²) in [4.78, 5) is 8.68. The Labute approximate surface area is 113 Å². The second-order valence-electron chi connectivity index (χ2n) is 4.27. The average molecular weight is 303 g/mol. The normalized spacial score (nSPS) is 11.1. The molecule has 0 radical (unpaired) electrons. The van der Waals surface area contributed by atoms with Crippen LogP contribution >= 0.6 is 15.9 Å². The first-order valence-electron chi connectivity index (χ1n) is 5.64. The average Bonchev–Trinajstić information content (AvgIpc) is 2.75. The molecule has 2 aromatic heterocycles. The third-order valence-corrected chi connectivity index (χ3v) is 3.41. The minimum Gasteiger partial charge on any atom is -0.434 e. The molecule has 0 fully saturated rings. The zero-order chi connectivity index (χ0) is 12.7. The largest absolute Gasteiger partial charge is 0.434 e. The van der Waals surface area contributed by atoms with Gasteiger partial charge in [0.05, 0.1) is 0 Å². The Kier molecular flexibility index (Phi) is 2.67. The Hall–Kier alpha value is -1.68. The molecule has 0 aliphatic heterocycles. The molecule has 0 bridgehead atoms. The number of nitrogens with zero attached hydrogens (tertiary/aromatic N) is 2. The summed E-state index contributed by atoms with van der Waals surface area (Å²) in [6.45, 7) is 4.17. The summed E-state index contributed by atoms with van der Waals surface area (Å²) in [5, 5.41) is 0. The van der Waals surface area contributed by atoms with Crippen LogP contribution < -0.4 is 0 Å². The quantitative estimate of drug-likeness (QED) is 0.630. The van der Waals surface area contributed by atoms with Crippen molar-refractivity contribution in [2.24, 2.45) is 0 Å². The summed E-state index contributed by atoms with van der Waals surface area (Å²) in [6, 6.07) is 9.88. The van der Waals surface area contributed by atoms with Gasteiger partial charge in [0, 0.05) is 5.56 Å². The molecule has 0 saturated heterocycles. The lowest BCUT2D eigenvalue weighted by atomic mass is 10.1. The van der Waals surface area contributed by atoms with E-state index >= 15 is 0 Å². The molecular weight excluding hydrogens is 292 g/mol. The summed E-state index contributed by atoms with van der Waals surface area (Å²) in [6.07, 6.45) is 0. The van der Waals surface area contributed by atoms with Crippen LogP contribution in [0.4, 0.5) is 0 Å². The second kappa shape index (κ2) is 4.21. The number of rotatable bonds is 1. The molecule has 4 heteroatoms. The highest BCUT2D eigenvalue weighted by molar-refractivity contribution is 9.10. The number of hydrogen-bond donors (Lipinski definition) is 0. The van der Waals surface area contributed by atoms with Crippen molar-refractivity contribution in [1.29, 1.82) is 0 Å². The minimum atomic E-state index is 0.610. The van der Waals surface area contributed by atoms with E-state index in [1.54, 1.807) is 0 Å². The van der Waals surface area contributed by atoms with E-state index < -0.39 is 0 Å². The van der Waals surface area contributed by atoms with Crippen LogP contribution in [-0.2, 0) is 0 Å². The van der Waals surface area contributed by atoms with Gasteiger partial charge in [0.25, 0.3) is 0 Å². The summed E-state index contributed by atoms with van der Waals surface area (Å²) < 4.78 is 6.47. The molecule has 0 N–H and O–H groups in total. The second-order valence-corrected chi connectivity index (χ2v) is 5.09. The number of halogens is 1. The van der Waals surface area contributed by atoms with Crippen molar-refractivity contribution in [3.05, 3.63) is 46.1 Å². The van der Waals surface area contributed by atoms with E-state index in [0.29, 0.717) is 17.1 Å². The van der Waals surface area contributed by atoms with Crippen molar-refractivity contribution in [3.8, 4) is 11.5 Å². The van der Waals surface area contributed by atoms with Gasteiger partial charge in [-0.15, -0.1) is 0 Å². The summed E-state index contributed by atoms with van der Waals surface area (Å²) in [5.74, 6) is 0.610. The Bertz CT molecular complexity index is 734. The van der Waals surface area contributed by atoms with Crippen LogP contribution in [0.1, 0.15) is 11.1 Å². The molecule has 3 nitrogen and oxygen atoms in total. The zero-order valence-electron chi connectivity index (χ0n) is 10.1. The molecular formula is C14H11BrN2O. The number of oxazole rings is 1. The SMILES string of the molecule is Cc1ccc(-c2nc3nc(Br)ccc3o2)cc1C. The molecule has 0 aliphatic rings. The predicted octanol–water partition coefficient (Wildman–Crippen LogP) is 4.27. The molecule has 0 spiro atoms. The van der Waals surface area contributed by atoms with Gasteiger partial charge in [-0.1, -0.05) is 6.07 Å². The highest BCUT2D eigenvalue weighted by atomic mass is 79.9. The minimum absolute atomic E-state index is 0.610. The zero-order valence-corrected chi connectivity index (χ0v) is 11.7. The molecule has 3 aromatic rings. The van der Waals surface area contributed by atoms with Crippen LogP contribution in [-0.4, -0.2) is 9.97 Å². The fourth-order valence-electron chi connectivity index (χ4n) is 1.79. The maximum absolute atomic E-state index is 5.71. The number of aromatic nitrogens is 2. The Morgan fingerprint density at radius 2 is 1.83 bits per heavy atom. The van der Waals surface area contributed by atoms with E-state index in [9.17, 15) is 0 Å². The molecule has 0 aliphatic carbocycles. The third kappa shape index (κ3) is 1.93. The first kappa shape index (κ1) is 11.4. The Morgan fingerprint density at radius 1 is 1.00 bits per heavy atom. The van der Waals surface area contributed by atoms with E-state index in [2.05, 4.69) is 51.9 Å². The van der Waals surface area contributed by atoms with Crippen molar-refractivity contribution < 1.29 is 4.42 Å². The first-order chi connectivity index (χ1) is 8.63. The predicted molar refractivity (Wildman–Crippen MR) is 74.4 cm³/mol. The molecule has 90 valence electrons. The van der Waals surface area contributed by atoms with Crippen molar-refractivity contribution in [3.63, 3.8) is 0 Å². The van der Waals surface area contributed by atoms with Gasteiger partial charge in [0.2, 0.25) is 5.89 Å². The van der Waals surface area contributed by atoms with Crippen LogP contribution in [0.15, 0.2) is 39.4 Å². The number of fused-ring (bicyclic) bond motifs is 1. The maximum Gasteiger partial charge on any atom is 0.228 e. The molecule has 0 amide bonds. The molecule has 2 heterocycles. The third-order valence-electron chi connectivity index (χ3n) is 2.97. The summed E-state index contributed by atoms with van der Waals surface area (Å²) >= 11 is 3.33. The highest BCUT2D eigenvalue weighted by Crippen LogP contribution is 2.25. The lowest BCUT2D eigenvalue weighted by Crippen LogP contribution is -1.83. The van der Waals surface area contributed by atoms with Gasteiger partial charge in [-0.3, -0.25) is 0 Å². The van der Waals surface area contributed by atoms with E-state index in [-0.39, 0.29) is 0 Å². The molecule has 0 atom stereocenters. The molecule has 18 heavy (non-hydrogen) atoms. The van der Waals surface area contributed by atoms with Gasteiger partial charge < -0.3 is 4.42 Å². The van der Waals surface area contributed by atoms with E-state index in [1.165, 1.54) is 11.1 Å². The fraction of sp³-hybridized carbons (Fsp3) is 0.143. The van der Waals surface area contributed by atoms with Crippen LogP contribution in [0.25, 0.3) is 22.7 Å². The van der Waals surface area contributed by atoms with E-state index in [0.717, 1.165) is 10.2 Å². The van der Waals surface area contributed by atoms with Gasteiger partial charge in [0.1, 0.15) is 4.60 Å². The highest BCUT2D eigenvalue weighted by Gasteiger charge is 2.10. The van der Waals surface area contributed by atoms with Gasteiger partial charge in [-0.05, 0) is 65.2 Å². The number of benzene rings is 1. The van der Waals surface area contributed by atoms with E-state index in [4.69, 9.17) is 4.42 Å². The molecule has 3 rings (SSSR count). The van der Waals surface area contributed by atoms with Crippen LogP contribution in [0.3, 0.4) is 0 Å². The monoisotopic (exact) mass is 302 g/mol. The van der Waals surface area contributed by atoms with Gasteiger partial charge in [0.15, 0.2) is 11.2 Å². The van der Waals surface area contributed by atoms with Crippen molar-refractivity contribution >= 4 is 27.2 Å². The number of aryl methyl sites for hydroxylation is 2. The molecule has 1 aromatic carbocycles. The fourth-order valence-corrected chi connectivity index (χ4v) is 2.09. The van der Waals surface area contributed by atoms with Crippen molar-refractivity contribution in [2.45, 2.75) is 13.8 Å². The lowest BCUT2D eigenvalue weighted by Gasteiger charge is -2.00. The Balaban J connectivity index is 2.16. The van der Waals surface area contributed by atoms with Crippen molar-refractivity contribution in [2.75, 3.05) is 0 Å². The smallest absolute Gasteiger partial charge is 0.228 e. The van der Waals surface area contributed by atoms with Crippen LogP contribution in [0.2, 0.25) is 0 Å². The van der Waals surface area contributed by atoms with Gasteiger partial charge in [-0.25, -0.2) is 4.98 Å². The summed E-state index contributed by atoms with van der Waals surface area (Å²) in [5.41, 5.74) is 4.79. The topological polar surface area (TPSA) is 38.9 Å². The maximum atomic E-state index is 5.71. The Morgan fingerprint density at radius 3 is 2.61 bits per heavy atom. The van der Waals surface area contributed by atoms with Gasteiger partial charge >= 0.3 is 0 Å². The standard InChI is InChI=1S/C14H11BrN2O/c1-8-3-4-10(7-9(8)2)14-17-13-11(18-14)5-6-12(15)16-13/h3-7H,1-2H3. The lowest BCUT2D eigenvalue weighted by molar-refractivity contribution is 0.619. The molecule has 0 unspecified atom stereocenters. The van der Waals surface area contributed by atoms with Crippen LogP contribution in [0.5, 0.6) is 0 Å².